The van der Waals surface area contributed by atoms with Crippen LogP contribution in [0.3, 0.4) is 0 Å². The molecule has 0 bridgehead atoms. The summed E-state index contributed by atoms with van der Waals surface area (Å²) in [5.74, 6) is 0.633. The normalized spacial score (nSPS) is 25.9. The van der Waals surface area contributed by atoms with Gasteiger partial charge in [-0.3, -0.25) is 0 Å². The minimum Gasteiger partial charge on any atom is -0.229 e. The first-order valence-corrected chi connectivity index (χ1v) is 6.37. The van der Waals surface area contributed by atoms with Crippen LogP contribution in [0.1, 0.15) is 12.8 Å². The summed E-state index contributed by atoms with van der Waals surface area (Å²) < 4.78 is 22.5. The highest BCUT2D eigenvalue weighted by Crippen LogP contribution is 2.19. The molecule has 5 heteroatoms. The summed E-state index contributed by atoms with van der Waals surface area (Å²) in [5, 5.41) is 0. The molecule has 0 aromatic heterocycles. The lowest BCUT2D eigenvalue weighted by molar-refractivity contribution is 0.542. The van der Waals surface area contributed by atoms with Crippen LogP contribution in [0.15, 0.2) is 17.1 Å². The molecule has 0 aromatic carbocycles. The molecule has 0 radical (unpaired) electrons. The van der Waals surface area contributed by atoms with Crippen molar-refractivity contribution in [2.24, 2.45) is 10.9 Å². The van der Waals surface area contributed by atoms with E-state index >= 15 is 0 Å². The molecule has 1 atom stereocenters. The van der Waals surface area contributed by atoms with Gasteiger partial charge in [-0.2, -0.15) is 0 Å². The highest BCUT2D eigenvalue weighted by atomic mass is 32.2. The van der Waals surface area contributed by atoms with Crippen molar-refractivity contribution < 1.29 is 13.2 Å². The summed E-state index contributed by atoms with van der Waals surface area (Å²) in [4.78, 5) is 13.1. The van der Waals surface area contributed by atoms with Gasteiger partial charge in [0.05, 0.1) is 18.1 Å². The van der Waals surface area contributed by atoms with Crippen LogP contribution in [0, 0.1) is 5.92 Å². The Morgan fingerprint density at radius 1 is 1.50 bits per heavy atom. The number of allylic oxidation sites excluding steroid dienone is 1. The molecule has 0 saturated carbocycles. The lowest BCUT2D eigenvalue weighted by Gasteiger charge is -2.18. The Morgan fingerprint density at radius 3 is 2.93 bits per heavy atom. The third-order valence-corrected chi connectivity index (χ3v) is 4.01. The van der Waals surface area contributed by atoms with Gasteiger partial charge in [-0.1, -0.05) is 12.2 Å². The van der Waals surface area contributed by atoms with Crippen LogP contribution in [-0.2, 0) is 14.6 Å². The molecule has 0 N–H and O–H groups in total. The molecule has 14 heavy (non-hydrogen) atoms. The van der Waals surface area contributed by atoms with Crippen molar-refractivity contribution >= 4 is 15.9 Å². The van der Waals surface area contributed by atoms with Crippen molar-refractivity contribution in [2.75, 3.05) is 18.1 Å². The maximum absolute atomic E-state index is 11.2. The van der Waals surface area contributed by atoms with E-state index in [1.807, 2.05) is 6.08 Å². The predicted molar refractivity (Wildman–Crippen MR) is 53.5 cm³/mol. The first kappa shape index (κ1) is 11.1. The maximum atomic E-state index is 11.2. The number of nitrogens with zero attached hydrogens (tertiary/aromatic N) is 1. The van der Waals surface area contributed by atoms with E-state index in [4.69, 9.17) is 0 Å². The van der Waals surface area contributed by atoms with Crippen molar-refractivity contribution in [3.05, 3.63) is 12.2 Å². The summed E-state index contributed by atoms with van der Waals surface area (Å²) >= 11 is 0. The number of rotatable bonds is 3. The molecule has 1 aliphatic rings. The highest BCUT2D eigenvalue weighted by molar-refractivity contribution is 7.91. The topological polar surface area (TPSA) is 63.6 Å². The van der Waals surface area contributed by atoms with E-state index < -0.39 is 9.84 Å². The largest absolute Gasteiger partial charge is 0.235 e. The van der Waals surface area contributed by atoms with Crippen LogP contribution in [0.2, 0.25) is 0 Å². The first-order chi connectivity index (χ1) is 6.64. The average molecular weight is 215 g/mol. The molecule has 1 saturated heterocycles. The quantitative estimate of drug-likeness (QED) is 0.395. The predicted octanol–water partition coefficient (Wildman–Crippen LogP) is 0.703. The number of sulfone groups is 1. The SMILES string of the molecule is O=C=NC/C=C\C1CCCS(=O)(=O)C1. The number of isocyanates is 1. The molecule has 1 aliphatic heterocycles. The molecule has 1 rings (SSSR count). The smallest absolute Gasteiger partial charge is 0.229 e. The average Bonchev–Trinajstić information content (AvgIpc) is 2.11. The van der Waals surface area contributed by atoms with Gasteiger partial charge >= 0.3 is 0 Å². The lowest BCUT2D eigenvalue weighted by Crippen LogP contribution is -2.23. The molecule has 78 valence electrons. The molecule has 1 fully saturated rings. The second-order valence-corrected chi connectivity index (χ2v) is 5.61. The fourth-order valence-corrected chi connectivity index (χ4v) is 3.26. The summed E-state index contributed by atoms with van der Waals surface area (Å²) in [6, 6.07) is 0. The van der Waals surface area contributed by atoms with E-state index in [9.17, 15) is 13.2 Å². The molecule has 0 aromatic rings. The van der Waals surface area contributed by atoms with Crippen LogP contribution in [-0.4, -0.2) is 32.5 Å². The van der Waals surface area contributed by atoms with E-state index in [1.54, 1.807) is 6.08 Å². The number of carbonyl (C=O) groups excluding carboxylic acids is 1. The monoisotopic (exact) mass is 215 g/mol. The van der Waals surface area contributed by atoms with Crippen molar-refractivity contribution in [3.63, 3.8) is 0 Å². The lowest BCUT2D eigenvalue weighted by atomic mass is 10.1. The molecule has 0 aliphatic carbocycles. The first-order valence-electron chi connectivity index (χ1n) is 4.55. The van der Waals surface area contributed by atoms with Crippen molar-refractivity contribution in [2.45, 2.75) is 12.8 Å². The van der Waals surface area contributed by atoms with Gasteiger partial charge in [0.25, 0.3) is 0 Å². The van der Waals surface area contributed by atoms with Gasteiger partial charge in [-0.15, -0.1) is 0 Å². The second-order valence-electron chi connectivity index (χ2n) is 3.38. The Bertz CT molecular complexity index is 352. The number of aliphatic imine (C=N–C) groups is 1. The maximum Gasteiger partial charge on any atom is 0.235 e. The minimum absolute atomic E-state index is 0.0932. The fourth-order valence-electron chi connectivity index (χ4n) is 1.55. The summed E-state index contributed by atoms with van der Waals surface area (Å²) in [6.45, 7) is 0.292. The Hall–Kier alpha value is -0.930. The van der Waals surface area contributed by atoms with Gasteiger partial charge in [0.15, 0.2) is 9.84 Å². The Balaban J connectivity index is 2.45. The molecule has 1 unspecified atom stereocenters. The van der Waals surface area contributed by atoms with Crippen LogP contribution < -0.4 is 0 Å². The van der Waals surface area contributed by atoms with Crippen LogP contribution >= 0.6 is 0 Å². The standard InChI is InChI=1S/C9H13NO3S/c11-8-10-5-1-3-9-4-2-6-14(12,13)7-9/h1,3,9H,2,4-7H2/b3-1-. The van der Waals surface area contributed by atoms with Crippen LogP contribution in [0.5, 0.6) is 0 Å². The zero-order valence-electron chi connectivity index (χ0n) is 7.85. The second kappa shape index (κ2) is 5.08. The van der Waals surface area contributed by atoms with E-state index in [2.05, 4.69) is 4.99 Å². The molecular weight excluding hydrogens is 202 g/mol. The van der Waals surface area contributed by atoms with Gasteiger partial charge in [-0.05, 0) is 18.8 Å². The summed E-state index contributed by atoms with van der Waals surface area (Å²) in [6.07, 6.45) is 6.61. The molecular formula is C9H13NO3S. The Labute approximate surface area is 83.6 Å². The van der Waals surface area contributed by atoms with E-state index in [1.165, 1.54) is 6.08 Å². The Kier molecular flexibility index (Phi) is 4.04. The van der Waals surface area contributed by atoms with Gasteiger partial charge in [0.1, 0.15) is 0 Å². The van der Waals surface area contributed by atoms with Crippen molar-refractivity contribution in [1.82, 2.24) is 0 Å². The third kappa shape index (κ3) is 3.85. The van der Waals surface area contributed by atoms with E-state index in [-0.39, 0.29) is 11.7 Å². The fraction of sp³-hybridized carbons (Fsp3) is 0.667. The van der Waals surface area contributed by atoms with Gasteiger partial charge < -0.3 is 0 Å². The molecule has 0 amide bonds. The van der Waals surface area contributed by atoms with Crippen molar-refractivity contribution in [1.29, 1.82) is 0 Å². The van der Waals surface area contributed by atoms with Crippen LogP contribution in [0.4, 0.5) is 0 Å². The third-order valence-electron chi connectivity index (χ3n) is 2.17. The van der Waals surface area contributed by atoms with Gasteiger partial charge in [-0.25, -0.2) is 18.2 Å². The van der Waals surface area contributed by atoms with Gasteiger partial charge in [0, 0.05) is 0 Å². The Morgan fingerprint density at radius 2 is 2.29 bits per heavy atom. The highest BCUT2D eigenvalue weighted by Gasteiger charge is 2.22. The van der Waals surface area contributed by atoms with E-state index in [0.29, 0.717) is 12.3 Å². The number of hydrogen-bond acceptors (Lipinski definition) is 4. The van der Waals surface area contributed by atoms with Crippen molar-refractivity contribution in [3.8, 4) is 0 Å². The van der Waals surface area contributed by atoms with Crippen LogP contribution in [0.25, 0.3) is 0 Å². The summed E-state index contributed by atoms with van der Waals surface area (Å²) in [7, 11) is -2.83. The minimum atomic E-state index is -2.83. The zero-order chi connectivity index (χ0) is 10.4. The molecule has 4 nitrogen and oxygen atoms in total. The molecule has 1 heterocycles. The summed E-state index contributed by atoms with van der Waals surface area (Å²) in [5.41, 5.74) is 0. The zero-order valence-corrected chi connectivity index (χ0v) is 8.66. The van der Waals surface area contributed by atoms with Gasteiger partial charge in [0.2, 0.25) is 6.08 Å². The number of hydrogen-bond donors (Lipinski definition) is 0. The van der Waals surface area contributed by atoms with E-state index in [0.717, 1.165) is 12.8 Å². The molecule has 0 spiro atoms.